The van der Waals surface area contributed by atoms with Crippen molar-refractivity contribution in [3.05, 3.63) is 42.5 Å². The van der Waals surface area contributed by atoms with Gasteiger partial charge in [0.15, 0.2) is 0 Å². The highest BCUT2D eigenvalue weighted by Gasteiger charge is 2.40. The molecule has 0 aromatic heterocycles. The van der Waals surface area contributed by atoms with E-state index in [1.807, 2.05) is 30.3 Å². The molecule has 1 saturated carbocycles. The van der Waals surface area contributed by atoms with E-state index >= 15 is 0 Å². The summed E-state index contributed by atoms with van der Waals surface area (Å²) in [6.07, 6.45) is 9.29. The third kappa shape index (κ3) is 4.48. The molecule has 2 aromatic rings. The summed E-state index contributed by atoms with van der Waals surface area (Å²) in [5.74, 6) is -0.127. The number of nitrogens with one attached hydrogen (secondary N) is 1. The summed E-state index contributed by atoms with van der Waals surface area (Å²) < 4.78 is 28.1. The standard InChI is InChI=1S/C23H30N2O3S/c26-23(24-20-11-4-2-1-3-5-12-20)22-13-8-16-25(22)29(27,28)21-15-14-18-9-6-7-10-19(18)17-21/h6-7,9-10,14-15,17,20,22H,1-5,8,11-13,16H2,(H,24,26)/t22-/m1/s1. The number of amides is 1. The Balaban J connectivity index is 1.52. The zero-order valence-corrected chi connectivity index (χ0v) is 17.7. The van der Waals surface area contributed by atoms with E-state index in [1.54, 1.807) is 12.1 Å². The van der Waals surface area contributed by atoms with E-state index in [9.17, 15) is 13.2 Å². The van der Waals surface area contributed by atoms with Gasteiger partial charge in [-0.1, -0.05) is 62.4 Å². The van der Waals surface area contributed by atoms with Crippen molar-refractivity contribution in [1.29, 1.82) is 0 Å². The first-order valence-electron chi connectivity index (χ1n) is 10.9. The van der Waals surface area contributed by atoms with Crippen molar-refractivity contribution >= 4 is 26.7 Å². The summed E-state index contributed by atoms with van der Waals surface area (Å²) in [7, 11) is -3.71. The number of carbonyl (C=O) groups is 1. The quantitative estimate of drug-likeness (QED) is 0.814. The predicted octanol–water partition coefficient (Wildman–Crippen LogP) is 4.22. The van der Waals surface area contributed by atoms with E-state index < -0.39 is 16.1 Å². The van der Waals surface area contributed by atoms with E-state index in [4.69, 9.17) is 0 Å². The predicted molar refractivity (Wildman–Crippen MR) is 115 cm³/mol. The molecule has 29 heavy (non-hydrogen) atoms. The van der Waals surface area contributed by atoms with Gasteiger partial charge in [-0.15, -0.1) is 0 Å². The second-order valence-electron chi connectivity index (χ2n) is 8.33. The van der Waals surface area contributed by atoms with Crippen LogP contribution in [0.5, 0.6) is 0 Å². The van der Waals surface area contributed by atoms with Crippen molar-refractivity contribution in [3.63, 3.8) is 0 Å². The van der Waals surface area contributed by atoms with Crippen molar-refractivity contribution in [2.45, 2.75) is 74.8 Å². The Morgan fingerprint density at radius 3 is 2.31 bits per heavy atom. The Morgan fingerprint density at radius 2 is 1.55 bits per heavy atom. The Morgan fingerprint density at radius 1 is 0.862 bits per heavy atom. The lowest BCUT2D eigenvalue weighted by Crippen LogP contribution is -2.48. The fourth-order valence-electron chi connectivity index (χ4n) is 4.65. The van der Waals surface area contributed by atoms with Gasteiger partial charge in [-0.05, 0) is 48.6 Å². The smallest absolute Gasteiger partial charge is 0.243 e. The van der Waals surface area contributed by atoms with Crippen LogP contribution < -0.4 is 5.32 Å². The molecule has 0 spiro atoms. The van der Waals surface area contributed by atoms with Gasteiger partial charge in [0, 0.05) is 12.6 Å². The van der Waals surface area contributed by atoms with Crippen LogP contribution >= 0.6 is 0 Å². The Hall–Kier alpha value is -1.92. The lowest BCUT2D eigenvalue weighted by Gasteiger charge is -2.27. The first kappa shape index (κ1) is 20.4. The van der Waals surface area contributed by atoms with Gasteiger partial charge in [0.05, 0.1) is 4.90 Å². The van der Waals surface area contributed by atoms with E-state index in [0.717, 1.165) is 42.9 Å². The van der Waals surface area contributed by atoms with Crippen LogP contribution in [-0.4, -0.2) is 37.3 Å². The molecule has 1 saturated heterocycles. The largest absolute Gasteiger partial charge is 0.352 e. The highest BCUT2D eigenvalue weighted by Crippen LogP contribution is 2.28. The Labute approximate surface area is 173 Å². The maximum atomic E-state index is 13.3. The lowest BCUT2D eigenvalue weighted by atomic mass is 9.96. The molecule has 4 rings (SSSR count). The van der Waals surface area contributed by atoms with Gasteiger partial charge in [-0.25, -0.2) is 8.42 Å². The third-order valence-corrected chi connectivity index (χ3v) is 8.19. The first-order valence-corrected chi connectivity index (χ1v) is 12.3. The molecule has 1 aliphatic heterocycles. The van der Waals surface area contributed by atoms with Gasteiger partial charge in [0.25, 0.3) is 0 Å². The topological polar surface area (TPSA) is 66.5 Å². The van der Waals surface area contributed by atoms with Crippen LogP contribution in [0.1, 0.15) is 57.8 Å². The second-order valence-corrected chi connectivity index (χ2v) is 10.2. The van der Waals surface area contributed by atoms with E-state index in [1.165, 1.54) is 23.6 Å². The Bertz CT molecular complexity index is 965. The summed E-state index contributed by atoms with van der Waals surface area (Å²) in [5.41, 5.74) is 0. The molecule has 2 aliphatic rings. The molecule has 2 aromatic carbocycles. The first-order chi connectivity index (χ1) is 14.1. The molecular weight excluding hydrogens is 384 g/mol. The number of hydrogen-bond acceptors (Lipinski definition) is 3. The summed E-state index contributed by atoms with van der Waals surface area (Å²) >= 11 is 0. The number of nitrogens with zero attached hydrogens (tertiary/aromatic N) is 1. The van der Waals surface area contributed by atoms with Gasteiger partial charge >= 0.3 is 0 Å². The highest BCUT2D eigenvalue weighted by molar-refractivity contribution is 7.89. The van der Waals surface area contributed by atoms with Crippen LogP contribution in [0, 0.1) is 0 Å². The number of fused-ring (bicyclic) bond motifs is 1. The molecule has 156 valence electrons. The van der Waals surface area contributed by atoms with E-state index in [2.05, 4.69) is 5.32 Å². The maximum Gasteiger partial charge on any atom is 0.243 e. The van der Waals surface area contributed by atoms with Crippen molar-refractivity contribution in [3.8, 4) is 0 Å². The minimum absolute atomic E-state index is 0.127. The van der Waals surface area contributed by atoms with Gasteiger partial charge in [-0.2, -0.15) is 4.31 Å². The average Bonchev–Trinajstić information content (AvgIpc) is 3.20. The third-order valence-electron chi connectivity index (χ3n) is 6.29. The van der Waals surface area contributed by atoms with Crippen LogP contribution in [0.25, 0.3) is 10.8 Å². The molecule has 1 N–H and O–H groups in total. The zero-order valence-electron chi connectivity index (χ0n) is 16.8. The fourth-order valence-corrected chi connectivity index (χ4v) is 6.34. The maximum absolute atomic E-state index is 13.3. The fraction of sp³-hybridized carbons (Fsp3) is 0.522. The molecule has 0 unspecified atom stereocenters. The molecule has 2 fully saturated rings. The van der Waals surface area contributed by atoms with Gasteiger partial charge in [0.2, 0.25) is 15.9 Å². The number of hydrogen-bond donors (Lipinski definition) is 1. The van der Waals surface area contributed by atoms with Crippen LogP contribution in [0.3, 0.4) is 0 Å². The summed E-state index contributed by atoms with van der Waals surface area (Å²) in [6, 6.07) is 12.5. The monoisotopic (exact) mass is 414 g/mol. The van der Waals surface area contributed by atoms with Crippen molar-refractivity contribution in [1.82, 2.24) is 9.62 Å². The minimum Gasteiger partial charge on any atom is -0.352 e. The summed E-state index contributed by atoms with van der Waals surface area (Å²) in [6.45, 7) is 0.401. The number of sulfonamides is 1. The van der Waals surface area contributed by atoms with E-state index in [0.29, 0.717) is 13.0 Å². The average molecular weight is 415 g/mol. The normalized spacial score (nSPS) is 22.3. The summed E-state index contributed by atoms with van der Waals surface area (Å²) in [5, 5.41) is 5.06. The SMILES string of the molecule is O=C(NC1CCCCCCC1)[C@H]1CCCN1S(=O)(=O)c1ccc2ccccc2c1. The van der Waals surface area contributed by atoms with Gasteiger partial charge in [0.1, 0.15) is 6.04 Å². The molecule has 1 amide bonds. The molecule has 1 aliphatic carbocycles. The highest BCUT2D eigenvalue weighted by atomic mass is 32.2. The second kappa shape index (κ2) is 8.84. The number of rotatable bonds is 4. The van der Waals surface area contributed by atoms with Crippen LogP contribution in [0.4, 0.5) is 0 Å². The van der Waals surface area contributed by atoms with Crippen molar-refractivity contribution < 1.29 is 13.2 Å². The lowest BCUT2D eigenvalue weighted by molar-refractivity contribution is -0.125. The van der Waals surface area contributed by atoms with Crippen LogP contribution in [0.15, 0.2) is 47.4 Å². The molecule has 1 atom stereocenters. The van der Waals surface area contributed by atoms with Crippen molar-refractivity contribution in [2.75, 3.05) is 6.54 Å². The molecule has 5 nitrogen and oxygen atoms in total. The molecule has 6 heteroatoms. The number of carbonyl (C=O) groups excluding carboxylic acids is 1. The summed E-state index contributed by atoms with van der Waals surface area (Å²) in [4.78, 5) is 13.3. The van der Waals surface area contributed by atoms with Crippen molar-refractivity contribution in [2.24, 2.45) is 0 Å². The van der Waals surface area contributed by atoms with Crippen LogP contribution in [-0.2, 0) is 14.8 Å². The molecule has 0 bridgehead atoms. The van der Waals surface area contributed by atoms with Crippen LogP contribution in [0.2, 0.25) is 0 Å². The van der Waals surface area contributed by atoms with Gasteiger partial charge < -0.3 is 5.32 Å². The molecule has 0 radical (unpaired) electrons. The molecular formula is C23H30N2O3S. The number of benzene rings is 2. The van der Waals surface area contributed by atoms with E-state index in [-0.39, 0.29) is 16.8 Å². The Kier molecular flexibility index (Phi) is 6.20. The molecule has 1 heterocycles. The minimum atomic E-state index is -3.71. The van der Waals surface area contributed by atoms with Gasteiger partial charge in [-0.3, -0.25) is 4.79 Å². The zero-order chi connectivity index (χ0) is 20.3.